The van der Waals surface area contributed by atoms with Crippen LogP contribution in [0.25, 0.3) is 0 Å². The summed E-state index contributed by atoms with van der Waals surface area (Å²) in [6, 6.07) is 0.593. The first-order valence-corrected chi connectivity index (χ1v) is 4.61. The molecule has 4 heteroatoms. The predicted octanol–water partition coefficient (Wildman–Crippen LogP) is 0.853. The van der Waals surface area contributed by atoms with Crippen LogP contribution in [0.4, 0.5) is 0 Å². The molecule has 0 aliphatic heterocycles. The quantitative estimate of drug-likeness (QED) is 0.296. The minimum atomic E-state index is 0.284. The number of likely N-dealkylation sites (N-methyl/N-ethyl adjacent to an activating group) is 1. The molecule has 0 saturated heterocycles. The summed E-state index contributed by atoms with van der Waals surface area (Å²) in [7, 11) is 2.01. The normalized spacial score (nSPS) is 23.2. The van der Waals surface area contributed by atoms with Gasteiger partial charge in [0, 0.05) is 6.04 Å². The standard InChI is InChI=1S/C9H19N3O/c1-9(2)4-7(5-9)12(3)6-8(10)11-13/h7,13H,4-6H2,1-3H3,(H2,10,11). The van der Waals surface area contributed by atoms with E-state index < -0.39 is 0 Å². The summed E-state index contributed by atoms with van der Waals surface area (Å²) in [4.78, 5) is 2.14. The first-order chi connectivity index (χ1) is 5.94. The van der Waals surface area contributed by atoms with E-state index in [-0.39, 0.29) is 5.84 Å². The maximum Gasteiger partial charge on any atom is 0.153 e. The summed E-state index contributed by atoms with van der Waals surface area (Å²) in [5, 5.41) is 11.4. The van der Waals surface area contributed by atoms with Gasteiger partial charge in [-0.3, -0.25) is 4.90 Å². The minimum absolute atomic E-state index is 0.284. The van der Waals surface area contributed by atoms with E-state index in [0.29, 0.717) is 18.0 Å². The van der Waals surface area contributed by atoms with Gasteiger partial charge in [0.2, 0.25) is 0 Å². The Balaban J connectivity index is 2.31. The van der Waals surface area contributed by atoms with Crippen molar-refractivity contribution in [3.05, 3.63) is 0 Å². The molecule has 13 heavy (non-hydrogen) atoms. The van der Waals surface area contributed by atoms with Gasteiger partial charge in [0.05, 0.1) is 6.54 Å². The van der Waals surface area contributed by atoms with Crippen molar-refractivity contribution in [3.63, 3.8) is 0 Å². The highest BCUT2D eigenvalue weighted by molar-refractivity contribution is 5.81. The highest BCUT2D eigenvalue weighted by Gasteiger charge is 2.38. The Morgan fingerprint density at radius 3 is 2.54 bits per heavy atom. The minimum Gasteiger partial charge on any atom is -0.409 e. The smallest absolute Gasteiger partial charge is 0.153 e. The topological polar surface area (TPSA) is 61.8 Å². The number of nitrogens with zero attached hydrogens (tertiary/aromatic N) is 2. The Labute approximate surface area is 79.4 Å². The number of oxime groups is 1. The van der Waals surface area contributed by atoms with Crippen molar-refractivity contribution in [2.24, 2.45) is 16.3 Å². The van der Waals surface area contributed by atoms with Crippen molar-refractivity contribution in [2.45, 2.75) is 32.7 Å². The third-order valence-corrected chi connectivity index (χ3v) is 2.74. The van der Waals surface area contributed by atoms with Crippen LogP contribution < -0.4 is 5.73 Å². The monoisotopic (exact) mass is 185 g/mol. The molecule has 1 saturated carbocycles. The Bertz CT molecular complexity index is 205. The average molecular weight is 185 g/mol. The first-order valence-electron chi connectivity index (χ1n) is 4.61. The molecule has 1 aliphatic carbocycles. The van der Waals surface area contributed by atoms with Crippen molar-refractivity contribution in [1.82, 2.24) is 4.90 Å². The van der Waals surface area contributed by atoms with E-state index in [4.69, 9.17) is 10.9 Å². The molecule has 0 bridgehead atoms. The van der Waals surface area contributed by atoms with Gasteiger partial charge in [-0.1, -0.05) is 19.0 Å². The van der Waals surface area contributed by atoms with Crippen LogP contribution in [0.1, 0.15) is 26.7 Å². The third kappa shape index (κ3) is 2.59. The van der Waals surface area contributed by atoms with E-state index in [1.54, 1.807) is 0 Å². The Hall–Kier alpha value is -0.770. The lowest BCUT2D eigenvalue weighted by atomic mass is 9.68. The molecule has 1 rings (SSSR count). The molecule has 0 aromatic carbocycles. The summed E-state index contributed by atoms with van der Waals surface area (Å²) >= 11 is 0. The van der Waals surface area contributed by atoms with Gasteiger partial charge in [-0.25, -0.2) is 0 Å². The molecule has 0 heterocycles. The fourth-order valence-electron chi connectivity index (χ4n) is 1.94. The van der Waals surface area contributed by atoms with E-state index >= 15 is 0 Å². The number of amidine groups is 1. The lowest BCUT2D eigenvalue weighted by Crippen LogP contribution is -2.49. The number of rotatable bonds is 3. The summed E-state index contributed by atoms with van der Waals surface area (Å²) in [6.45, 7) is 5.08. The van der Waals surface area contributed by atoms with Crippen LogP contribution in [0.3, 0.4) is 0 Å². The molecule has 0 radical (unpaired) electrons. The molecule has 3 N–H and O–H groups in total. The van der Waals surface area contributed by atoms with Crippen molar-refractivity contribution < 1.29 is 5.21 Å². The molecule has 0 aromatic rings. The molecule has 0 spiro atoms. The van der Waals surface area contributed by atoms with E-state index in [2.05, 4.69) is 23.9 Å². The summed E-state index contributed by atoms with van der Waals surface area (Å²) in [5.74, 6) is 0.284. The van der Waals surface area contributed by atoms with E-state index in [1.807, 2.05) is 7.05 Å². The van der Waals surface area contributed by atoms with Crippen LogP contribution in [0.5, 0.6) is 0 Å². The van der Waals surface area contributed by atoms with Gasteiger partial charge in [0.15, 0.2) is 5.84 Å². The SMILES string of the molecule is CN(C/C(N)=N/O)C1CC(C)(C)C1. The third-order valence-electron chi connectivity index (χ3n) is 2.74. The molecule has 76 valence electrons. The van der Waals surface area contributed by atoms with Gasteiger partial charge in [-0.05, 0) is 25.3 Å². The van der Waals surface area contributed by atoms with E-state index in [9.17, 15) is 0 Å². The Morgan fingerprint density at radius 1 is 1.62 bits per heavy atom. The van der Waals surface area contributed by atoms with Gasteiger partial charge >= 0.3 is 0 Å². The van der Waals surface area contributed by atoms with Crippen LogP contribution in [-0.2, 0) is 0 Å². The molecular formula is C9H19N3O. The molecule has 4 nitrogen and oxygen atoms in total. The van der Waals surface area contributed by atoms with Gasteiger partial charge in [-0.2, -0.15) is 0 Å². The second-order valence-corrected chi connectivity index (χ2v) is 4.73. The van der Waals surface area contributed by atoms with Crippen molar-refractivity contribution >= 4 is 5.84 Å². The van der Waals surface area contributed by atoms with Crippen molar-refractivity contribution in [2.75, 3.05) is 13.6 Å². The summed E-state index contributed by atoms with van der Waals surface area (Å²) in [6.07, 6.45) is 2.39. The van der Waals surface area contributed by atoms with Gasteiger partial charge in [-0.15, -0.1) is 0 Å². The lowest BCUT2D eigenvalue weighted by Gasteiger charge is -2.47. The molecule has 0 unspecified atom stereocenters. The highest BCUT2D eigenvalue weighted by atomic mass is 16.4. The highest BCUT2D eigenvalue weighted by Crippen LogP contribution is 2.42. The molecule has 1 fully saturated rings. The van der Waals surface area contributed by atoms with Crippen LogP contribution >= 0.6 is 0 Å². The number of hydrogen-bond donors (Lipinski definition) is 2. The second-order valence-electron chi connectivity index (χ2n) is 4.73. The largest absolute Gasteiger partial charge is 0.409 e. The molecule has 0 atom stereocenters. The summed E-state index contributed by atoms with van der Waals surface area (Å²) < 4.78 is 0. The number of hydrogen-bond acceptors (Lipinski definition) is 3. The van der Waals surface area contributed by atoms with Crippen molar-refractivity contribution in [1.29, 1.82) is 0 Å². The zero-order chi connectivity index (χ0) is 10.1. The zero-order valence-electron chi connectivity index (χ0n) is 8.62. The van der Waals surface area contributed by atoms with Gasteiger partial charge < -0.3 is 10.9 Å². The first kappa shape index (κ1) is 10.3. The van der Waals surface area contributed by atoms with Gasteiger partial charge in [0.1, 0.15) is 0 Å². The second kappa shape index (κ2) is 3.54. The fourth-order valence-corrected chi connectivity index (χ4v) is 1.94. The molecule has 1 aliphatic rings. The zero-order valence-corrected chi connectivity index (χ0v) is 8.62. The van der Waals surface area contributed by atoms with Crippen LogP contribution in [0.15, 0.2) is 5.16 Å². The van der Waals surface area contributed by atoms with Crippen LogP contribution in [-0.4, -0.2) is 35.6 Å². The fraction of sp³-hybridized carbons (Fsp3) is 0.889. The predicted molar refractivity (Wildman–Crippen MR) is 52.8 cm³/mol. The van der Waals surface area contributed by atoms with Crippen LogP contribution in [0.2, 0.25) is 0 Å². The molecule has 0 amide bonds. The lowest BCUT2D eigenvalue weighted by molar-refractivity contribution is 0.0503. The van der Waals surface area contributed by atoms with Crippen molar-refractivity contribution in [3.8, 4) is 0 Å². The summed E-state index contributed by atoms with van der Waals surface area (Å²) in [5.41, 5.74) is 5.89. The van der Waals surface area contributed by atoms with Gasteiger partial charge in [0.25, 0.3) is 0 Å². The molecular weight excluding hydrogens is 166 g/mol. The van der Waals surface area contributed by atoms with E-state index in [1.165, 1.54) is 12.8 Å². The number of nitrogens with two attached hydrogens (primary N) is 1. The average Bonchev–Trinajstić information content (AvgIpc) is 1.99. The maximum atomic E-state index is 8.40. The molecule has 0 aromatic heterocycles. The van der Waals surface area contributed by atoms with Crippen LogP contribution in [0, 0.1) is 5.41 Å². The Kier molecular flexibility index (Phi) is 2.81. The Morgan fingerprint density at radius 2 is 2.15 bits per heavy atom. The maximum absolute atomic E-state index is 8.40. The van der Waals surface area contributed by atoms with E-state index in [0.717, 1.165) is 0 Å².